The Morgan fingerprint density at radius 1 is 1.00 bits per heavy atom. The summed E-state index contributed by atoms with van der Waals surface area (Å²) in [7, 11) is -3.83. The molecule has 8 heteroatoms. The number of hydrogen-bond acceptors (Lipinski definition) is 6. The Balaban J connectivity index is 1.79. The number of anilines is 1. The summed E-state index contributed by atoms with van der Waals surface area (Å²) >= 11 is 3.36. The first-order valence-electron chi connectivity index (χ1n) is 9.94. The lowest BCUT2D eigenvalue weighted by Crippen LogP contribution is -2.46. The largest absolute Gasteiger partial charge is 0.419 e. The molecule has 0 saturated carbocycles. The minimum Gasteiger partial charge on any atom is -0.419 e. The van der Waals surface area contributed by atoms with E-state index in [1.165, 1.54) is 0 Å². The van der Waals surface area contributed by atoms with Crippen LogP contribution < -0.4 is 4.90 Å². The van der Waals surface area contributed by atoms with Gasteiger partial charge in [0.15, 0.2) is 0 Å². The van der Waals surface area contributed by atoms with Crippen molar-refractivity contribution in [1.29, 1.82) is 0 Å². The summed E-state index contributed by atoms with van der Waals surface area (Å²) in [5.74, 6) is 0.642. The second-order valence-electron chi connectivity index (χ2n) is 7.37. The van der Waals surface area contributed by atoms with Crippen molar-refractivity contribution in [2.24, 2.45) is 0 Å². The van der Waals surface area contributed by atoms with Gasteiger partial charge in [-0.15, -0.1) is 0 Å². The van der Waals surface area contributed by atoms with Crippen LogP contribution in [0.3, 0.4) is 0 Å². The Labute approximate surface area is 185 Å². The smallest absolute Gasteiger partial charge is 0.236 e. The number of likely N-dealkylation sites (N-methyl/N-ethyl adjacent to an activating group) is 1. The fourth-order valence-electron chi connectivity index (χ4n) is 3.49. The molecule has 1 saturated heterocycles. The molecule has 0 unspecified atom stereocenters. The second kappa shape index (κ2) is 8.53. The van der Waals surface area contributed by atoms with Crippen molar-refractivity contribution < 1.29 is 12.8 Å². The van der Waals surface area contributed by atoms with E-state index < -0.39 is 9.84 Å². The highest BCUT2D eigenvalue weighted by molar-refractivity contribution is 9.10. The molecule has 3 aromatic rings. The minimum atomic E-state index is -3.83. The number of aromatic nitrogens is 1. The Hall–Kier alpha value is -2.16. The number of aryl methyl sites for hydroxylation is 1. The predicted molar refractivity (Wildman–Crippen MR) is 121 cm³/mol. The molecular weight excluding hydrogens is 466 g/mol. The van der Waals surface area contributed by atoms with E-state index in [-0.39, 0.29) is 9.92 Å². The maximum atomic E-state index is 13.5. The van der Waals surface area contributed by atoms with Crippen molar-refractivity contribution in [1.82, 2.24) is 9.88 Å². The molecule has 0 bridgehead atoms. The van der Waals surface area contributed by atoms with Crippen LogP contribution >= 0.6 is 15.9 Å². The van der Waals surface area contributed by atoms with Crippen molar-refractivity contribution >= 4 is 31.7 Å². The van der Waals surface area contributed by atoms with Crippen LogP contribution in [0.25, 0.3) is 11.5 Å². The molecule has 2 heterocycles. The molecule has 1 aliphatic heterocycles. The summed E-state index contributed by atoms with van der Waals surface area (Å²) < 4.78 is 33.8. The van der Waals surface area contributed by atoms with E-state index in [1.807, 2.05) is 36.1 Å². The lowest BCUT2D eigenvalue weighted by molar-refractivity contribution is 0.266. The first kappa shape index (κ1) is 21.1. The normalized spacial score (nSPS) is 15.5. The van der Waals surface area contributed by atoms with Crippen LogP contribution in [0.2, 0.25) is 0 Å². The van der Waals surface area contributed by atoms with Crippen LogP contribution in [0.5, 0.6) is 0 Å². The van der Waals surface area contributed by atoms with Crippen molar-refractivity contribution in [2.45, 2.75) is 23.8 Å². The molecular formula is C22H24BrN3O3S. The lowest BCUT2D eigenvalue weighted by atomic mass is 10.1. The summed E-state index contributed by atoms with van der Waals surface area (Å²) in [5.41, 5.74) is 1.87. The summed E-state index contributed by atoms with van der Waals surface area (Å²) in [6, 6.07) is 14.3. The summed E-state index contributed by atoms with van der Waals surface area (Å²) in [5, 5.41) is -0.0228. The average Bonchev–Trinajstić information content (AvgIpc) is 3.21. The van der Waals surface area contributed by atoms with Crippen molar-refractivity contribution in [3.05, 3.63) is 58.6 Å². The molecule has 0 N–H and O–H groups in total. The first-order valence-corrected chi connectivity index (χ1v) is 12.2. The summed E-state index contributed by atoms with van der Waals surface area (Å²) in [4.78, 5) is 8.99. The number of nitrogens with zero attached hydrogens (tertiary/aromatic N) is 3. The van der Waals surface area contributed by atoms with E-state index in [9.17, 15) is 8.42 Å². The highest BCUT2D eigenvalue weighted by Crippen LogP contribution is 2.35. The van der Waals surface area contributed by atoms with Crippen molar-refractivity contribution in [3.63, 3.8) is 0 Å². The minimum absolute atomic E-state index is 0.0228. The van der Waals surface area contributed by atoms with E-state index in [1.54, 1.807) is 24.3 Å². The van der Waals surface area contributed by atoms with Gasteiger partial charge in [-0.1, -0.05) is 40.5 Å². The number of halogens is 1. The van der Waals surface area contributed by atoms with Crippen LogP contribution in [0.4, 0.5) is 5.88 Å². The van der Waals surface area contributed by atoms with Gasteiger partial charge in [0.1, 0.15) is 0 Å². The Morgan fingerprint density at radius 3 is 2.23 bits per heavy atom. The van der Waals surface area contributed by atoms with Gasteiger partial charge in [-0.25, -0.2) is 8.42 Å². The Bertz CT molecular complexity index is 1120. The molecule has 1 fully saturated rings. The van der Waals surface area contributed by atoms with Gasteiger partial charge in [-0.2, -0.15) is 4.98 Å². The zero-order valence-corrected chi connectivity index (χ0v) is 19.4. The van der Waals surface area contributed by atoms with Gasteiger partial charge >= 0.3 is 0 Å². The Morgan fingerprint density at radius 2 is 1.63 bits per heavy atom. The zero-order chi connectivity index (χ0) is 21.3. The van der Waals surface area contributed by atoms with Crippen LogP contribution in [0.1, 0.15) is 12.5 Å². The molecule has 0 atom stereocenters. The molecule has 4 rings (SSSR count). The number of oxazole rings is 1. The zero-order valence-electron chi connectivity index (χ0n) is 17.0. The fraction of sp³-hybridized carbons (Fsp3) is 0.318. The van der Waals surface area contributed by atoms with Gasteiger partial charge in [0.25, 0.3) is 0 Å². The van der Waals surface area contributed by atoms with Crippen molar-refractivity contribution in [3.8, 4) is 11.5 Å². The van der Waals surface area contributed by atoms with Crippen LogP contribution in [0.15, 0.2) is 67.3 Å². The number of rotatable bonds is 5. The van der Waals surface area contributed by atoms with E-state index in [0.717, 1.165) is 35.2 Å². The van der Waals surface area contributed by atoms with E-state index in [0.29, 0.717) is 24.9 Å². The molecule has 1 aromatic heterocycles. The Kier molecular flexibility index (Phi) is 5.99. The van der Waals surface area contributed by atoms with Gasteiger partial charge in [-0.3, -0.25) is 0 Å². The topological polar surface area (TPSA) is 66.7 Å². The maximum Gasteiger partial charge on any atom is 0.236 e. The van der Waals surface area contributed by atoms with Gasteiger partial charge in [0.2, 0.25) is 26.6 Å². The monoisotopic (exact) mass is 489 g/mol. The van der Waals surface area contributed by atoms with Gasteiger partial charge in [0.05, 0.1) is 4.90 Å². The summed E-state index contributed by atoms with van der Waals surface area (Å²) in [6.07, 6.45) is 0. The molecule has 0 aliphatic carbocycles. The standard InChI is InChI=1S/C22H24BrN3O3S/c1-3-25-12-14-26(15-13-25)22-21(30(27,28)19-10-8-18(23)9-11-19)24-20(29-22)17-6-4-16(2)5-7-17/h4-11H,3,12-15H2,1-2H3. The SMILES string of the molecule is CCN1CCN(c2oc(-c3ccc(C)cc3)nc2S(=O)(=O)c2ccc(Br)cc2)CC1. The average molecular weight is 490 g/mol. The fourth-order valence-corrected chi connectivity index (χ4v) is 5.07. The molecule has 2 aromatic carbocycles. The number of hydrogen-bond donors (Lipinski definition) is 0. The van der Waals surface area contributed by atoms with Crippen LogP contribution in [-0.4, -0.2) is 51.0 Å². The molecule has 6 nitrogen and oxygen atoms in total. The molecule has 0 amide bonds. The first-order chi connectivity index (χ1) is 14.4. The molecule has 158 valence electrons. The quantitative estimate of drug-likeness (QED) is 0.529. The molecule has 0 radical (unpaired) electrons. The second-order valence-corrected chi connectivity index (χ2v) is 10.2. The van der Waals surface area contributed by atoms with Gasteiger partial charge in [-0.05, 0) is 49.9 Å². The van der Waals surface area contributed by atoms with Crippen molar-refractivity contribution in [2.75, 3.05) is 37.6 Å². The van der Waals surface area contributed by atoms with E-state index in [4.69, 9.17) is 4.42 Å². The highest BCUT2D eigenvalue weighted by atomic mass is 79.9. The van der Waals surface area contributed by atoms with E-state index in [2.05, 4.69) is 32.7 Å². The third-order valence-electron chi connectivity index (χ3n) is 5.36. The van der Waals surface area contributed by atoms with Gasteiger partial charge in [0, 0.05) is 36.2 Å². The van der Waals surface area contributed by atoms with E-state index >= 15 is 0 Å². The molecule has 1 aliphatic rings. The van der Waals surface area contributed by atoms with Crippen LogP contribution in [-0.2, 0) is 9.84 Å². The van der Waals surface area contributed by atoms with Gasteiger partial charge < -0.3 is 14.2 Å². The number of benzene rings is 2. The summed E-state index contributed by atoms with van der Waals surface area (Å²) in [6.45, 7) is 8.20. The number of sulfone groups is 1. The predicted octanol–water partition coefficient (Wildman–Crippen LogP) is 4.39. The lowest BCUT2D eigenvalue weighted by Gasteiger charge is -2.33. The molecule has 30 heavy (non-hydrogen) atoms. The maximum absolute atomic E-state index is 13.5. The third kappa shape index (κ3) is 4.17. The van der Waals surface area contributed by atoms with Crippen LogP contribution in [0, 0.1) is 6.92 Å². The third-order valence-corrected chi connectivity index (χ3v) is 7.56. The molecule has 0 spiro atoms. The highest BCUT2D eigenvalue weighted by Gasteiger charge is 2.32. The number of piperazine rings is 1.